The fourth-order valence-electron chi connectivity index (χ4n) is 5.05. The number of rotatable bonds is 25. The van der Waals surface area contributed by atoms with Crippen LogP contribution in [-0.4, -0.2) is 29.9 Å². The minimum atomic E-state index is -0.0791. The van der Waals surface area contributed by atoms with Crippen molar-refractivity contribution in [2.24, 2.45) is 11.7 Å². The van der Waals surface area contributed by atoms with E-state index in [0.29, 0.717) is 6.04 Å². The second-order valence-corrected chi connectivity index (χ2v) is 10.1. The van der Waals surface area contributed by atoms with Crippen LogP contribution in [-0.2, 0) is 4.79 Å². The summed E-state index contributed by atoms with van der Waals surface area (Å²) in [6, 6.07) is 0.326. The molecule has 2 N–H and O–H groups in total. The Hall–Kier alpha value is -0.570. The van der Waals surface area contributed by atoms with Crippen LogP contribution in [0.1, 0.15) is 156 Å². The van der Waals surface area contributed by atoms with Crippen molar-refractivity contribution in [1.29, 1.82) is 0 Å². The van der Waals surface area contributed by atoms with E-state index in [4.69, 9.17) is 5.73 Å². The van der Waals surface area contributed by atoms with Crippen LogP contribution in [0.15, 0.2) is 0 Å². The SMILES string of the molecule is CCCCCCCCCCCCCCCCC(C(N)=O)C(CC)N(CCCC)CCCC. The first kappa shape index (κ1) is 31.4. The van der Waals surface area contributed by atoms with Gasteiger partial charge in [-0.25, -0.2) is 0 Å². The van der Waals surface area contributed by atoms with E-state index in [1.54, 1.807) is 0 Å². The van der Waals surface area contributed by atoms with Crippen molar-refractivity contribution < 1.29 is 4.79 Å². The van der Waals surface area contributed by atoms with E-state index < -0.39 is 0 Å². The highest BCUT2D eigenvalue weighted by Crippen LogP contribution is 2.23. The molecule has 0 heterocycles. The lowest BCUT2D eigenvalue weighted by atomic mass is 9.89. The zero-order valence-electron chi connectivity index (χ0n) is 22.6. The molecule has 2 atom stereocenters. The quantitative estimate of drug-likeness (QED) is 0.141. The van der Waals surface area contributed by atoms with E-state index in [2.05, 4.69) is 32.6 Å². The Labute approximate surface area is 202 Å². The third-order valence-corrected chi connectivity index (χ3v) is 7.18. The first-order valence-corrected chi connectivity index (χ1v) is 14.7. The maximum Gasteiger partial charge on any atom is 0.222 e. The molecule has 0 rings (SSSR count). The van der Waals surface area contributed by atoms with Crippen molar-refractivity contribution >= 4 is 5.91 Å². The van der Waals surface area contributed by atoms with Gasteiger partial charge in [-0.3, -0.25) is 9.69 Å². The molecule has 0 fully saturated rings. The number of unbranched alkanes of at least 4 members (excludes halogenated alkanes) is 15. The van der Waals surface area contributed by atoms with Gasteiger partial charge in [0.1, 0.15) is 0 Å². The van der Waals surface area contributed by atoms with Crippen molar-refractivity contribution in [2.45, 2.75) is 162 Å². The summed E-state index contributed by atoms with van der Waals surface area (Å²) < 4.78 is 0. The summed E-state index contributed by atoms with van der Waals surface area (Å²) in [5.41, 5.74) is 5.90. The molecule has 0 aromatic rings. The van der Waals surface area contributed by atoms with Crippen LogP contribution in [0.25, 0.3) is 0 Å². The second-order valence-electron chi connectivity index (χ2n) is 10.1. The van der Waals surface area contributed by atoms with Gasteiger partial charge >= 0.3 is 0 Å². The molecule has 1 amide bonds. The lowest BCUT2D eigenvalue weighted by Crippen LogP contribution is -2.46. The minimum Gasteiger partial charge on any atom is -0.369 e. The maximum atomic E-state index is 12.3. The number of nitrogens with zero attached hydrogens (tertiary/aromatic N) is 1. The molecule has 192 valence electrons. The monoisotopic (exact) mass is 452 g/mol. The third kappa shape index (κ3) is 17.0. The largest absolute Gasteiger partial charge is 0.369 e. The predicted molar refractivity (Wildman–Crippen MR) is 143 cm³/mol. The molecule has 3 nitrogen and oxygen atoms in total. The van der Waals surface area contributed by atoms with Crippen molar-refractivity contribution in [3.63, 3.8) is 0 Å². The molecule has 0 saturated heterocycles. The highest BCUT2D eigenvalue weighted by atomic mass is 16.1. The molecule has 0 aromatic heterocycles. The van der Waals surface area contributed by atoms with E-state index in [-0.39, 0.29) is 11.8 Å². The number of amides is 1. The number of carbonyl (C=O) groups excluding carboxylic acids is 1. The number of primary amides is 1. The molecule has 0 aromatic carbocycles. The van der Waals surface area contributed by atoms with Crippen molar-refractivity contribution in [3.8, 4) is 0 Å². The Morgan fingerprint density at radius 1 is 0.594 bits per heavy atom. The van der Waals surface area contributed by atoms with E-state index in [1.807, 2.05) is 0 Å². The molecular weight excluding hydrogens is 392 g/mol. The standard InChI is InChI=1S/C29H60N2O/c1-5-9-12-13-14-15-16-17-18-19-20-21-22-23-24-27(29(30)32)28(8-4)31(25-10-6-2)26-11-7-3/h27-28H,5-26H2,1-4H3,(H2,30,32). The number of nitrogens with two attached hydrogens (primary N) is 1. The second kappa shape index (κ2) is 23.6. The van der Waals surface area contributed by atoms with Gasteiger partial charge < -0.3 is 5.73 Å². The zero-order chi connectivity index (χ0) is 23.9. The van der Waals surface area contributed by atoms with Gasteiger partial charge in [0.05, 0.1) is 5.92 Å². The van der Waals surface area contributed by atoms with Crippen LogP contribution in [0.5, 0.6) is 0 Å². The third-order valence-electron chi connectivity index (χ3n) is 7.18. The molecule has 0 bridgehead atoms. The minimum absolute atomic E-state index is 0.0195. The topological polar surface area (TPSA) is 46.3 Å². The number of hydrogen-bond donors (Lipinski definition) is 1. The molecular formula is C29H60N2O. The molecule has 3 heteroatoms. The Morgan fingerprint density at radius 2 is 0.969 bits per heavy atom. The van der Waals surface area contributed by atoms with Crippen molar-refractivity contribution in [1.82, 2.24) is 4.90 Å². The smallest absolute Gasteiger partial charge is 0.222 e. The highest BCUT2D eigenvalue weighted by molar-refractivity contribution is 5.77. The summed E-state index contributed by atoms with van der Waals surface area (Å²) in [5.74, 6) is -0.0596. The van der Waals surface area contributed by atoms with Crippen LogP contribution >= 0.6 is 0 Å². The molecule has 0 radical (unpaired) electrons. The average Bonchev–Trinajstić information content (AvgIpc) is 2.79. The van der Waals surface area contributed by atoms with Crippen LogP contribution in [0.2, 0.25) is 0 Å². The summed E-state index contributed by atoms with van der Waals surface area (Å²) in [6.07, 6.45) is 26.0. The fraction of sp³-hybridized carbons (Fsp3) is 0.966. The van der Waals surface area contributed by atoms with E-state index in [0.717, 1.165) is 32.4 Å². The van der Waals surface area contributed by atoms with Crippen LogP contribution in [0, 0.1) is 5.92 Å². The highest BCUT2D eigenvalue weighted by Gasteiger charge is 2.29. The van der Waals surface area contributed by atoms with Crippen LogP contribution in [0.4, 0.5) is 0 Å². The first-order chi connectivity index (χ1) is 15.6. The molecule has 0 spiro atoms. The summed E-state index contributed by atoms with van der Waals surface area (Å²) in [5, 5.41) is 0. The van der Waals surface area contributed by atoms with Gasteiger partial charge in [0.25, 0.3) is 0 Å². The lowest BCUT2D eigenvalue weighted by molar-refractivity contribution is -0.124. The Morgan fingerprint density at radius 3 is 1.31 bits per heavy atom. The molecule has 0 saturated carbocycles. The first-order valence-electron chi connectivity index (χ1n) is 14.7. The normalized spacial score (nSPS) is 13.5. The van der Waals surface area contributed by atoms with Gasteiger partial charge in [0.15, 0.2) is 0 Å². The predicted octanol–water partition coefficient (Wildman–Crippen LogP) is 8.64. The van der Waals surface area contributed by atoms with Gasteiger partial charge in [-0.15, -0.1) is 0 Å². The Kier molecular flexibility index (Phi) is 23.2. The van der Waals surface area contributed by atoms with Gasteiger partial charge in [-0.2, -0.15) is 0 Å². The lowest BCUT2D eigenvalue weighted by Gasteiger charge is -2.35. The van der Waals surface area contributed by atoms with E-state index >= 15 is 0 Å². The molecule has 0 aliphatic rings. The van der Waals surface area contributed by atoms with E-state index in [9.17, 15) is 4.79 Å². The average molecular weight is 453 g/mol. The molecule has 32 heavy (non-hydrogen) atoms. The summed E-state index contributed by atoms with van der Waals surface area (Å²) in [7, 11) is 0. The summed E-state index contributed by atoms with van der Waals surface area (Å²) in [4.78, 5) is 14.9. The zero-order valence-corrected chi connectivity index (χ0v) is 22.6. The summed E-state index contributed by atoms with van der Waals surface area (Å²) in [6.45, 7) is 11.2. The van der Waals surface area contributed by atoms with Crippen molar-refractivity contribution in [3.05, 3.63) is 0 Å². The van der Waals surface area contributed by atoms with Gasteiger partial charge in [-0.05, 0) is 38.8 Å². The summed E-state index contributed by atoms with van der Waals surface area (Å²) >= 11 is 0. The molecule has 0 aliphatic heterocycles. The van der Waals surface area contributed by atoms with Crippen LogP contribution in [0.3, 0.4) is 0 Å². The van der Waals surface area contributed by atoms with Gasteiger partial charge in [-0.1, -0.05) is 130 Å². The van der Waals surface area contributed by atoms with Crippen LogP contribution < -0.4 is 5.73 Å². The Bertz CT molecular complexity index is 391. The number of hydrogen-bond acceptors (Lipinski definition) is 2. The molecule has 2 unspecified atom stereocenters. The van der Waals surface area contributed by atoms with Gasteiger partial charge in [0.2, 0.25) is 5.91 Å². The van der Waals surface area contributed by atoms with E-state index in [1.165, 1.54) is 109 Å². The van der Waals surface area contributed by atoms with Crippen molar-refractivity contribution in [2.75, 3.05) is 13.1 Å². The maximum absolute atomic E-state index is 12.3. The Balaban J connectivity index is 4.04. The fourth-order valence-corrected chi connectivity index (χ4v) is 5.05. The van der Waals surface area contributed by atoms with Gasteiger partial charge in [0, 0.05) is 6.04 Å². The molecule has 0 aliphatic carbocycles. The number of carbonyl (C=O) groups is 1.